The highest BCUT2D eigenvalue weighted by Gasteiger charge is 2.37. The molecule has 0 saturated carbocycles. The number of carbonyl (C=O) groups is 1. The van der Waals surface area contributed by atoms with Gasteiger partial charge in [-0.2, -0.15) is 10.1 Å². The number of hydrogen-bond acceptors (Lipinski definition) is 5. The van der Waals surface area contributed by atoms with E-state index in [9.17, 15) is 36.9 Å². The van der Waals surface area contributed by atoms with Crippen LogP contribution in [-0.2, 0) is 4.79 Å². The molecular weight excluding hydrogens is 453 g/mol. The van der Waals surface area contributed by atoms with Crippen LogP contribution in [0.25, 0.3) is 17.4 Å². The van der Waals surface area contributed by atoms with Crippen LogP contribution in [0.4, 0.5) is 33.3 Å². The molecule has 0 radical (unpaired) electrons. The van der Waals surface area contributed by atoms with E-state index in [1.54, 1.807) is 6.07 Å². The van der Waals surface area contributed by atoms with Crippen LogP contribution >= 0.6 is 0 Å². The Morgan fingerprint density at radius 3 is 2.27 bits per heavy atom. The lowest BCUT2D eigenvalue weighted by atomic mass is 10.1. The lowest BCUT2D eigenvalue weighted by Gasteiger charge is -2.14. The number of carbonyl (C=O) groups excluding carboxylic acids is 1. The standard InChI is InChI=1S/C21H10F5N3O4/c1-9-13(8-12-5-6-14(33-12)10-3-2-4-11(7-10)29(31)32)21(30)28(27-9)20-18(25)16(23)15(22)17(24)19(20)26/h2-8H,1H3/b13-8+. The molecule has 0 unspecified atom stereocenters. The van der Waals surface area contributed by atoms with Gasteiger partial charge >= 0.3 is 0 Å². The van der Waals surface area contributed by atoms with Crippen molar-refractivity contribution in [3.05, 3.63) is 86.9 Å². The second-order valence-corrected chi connectivity index (χ2v) is 6.79. The van der Waals surface area contributed by atoms with Gasteiger partial charge in [0.2, 0.25) is 5.82 Å². The molecule has 0 fully saturated rings. The predicted octanol–water partition coefficient (Wildman–Crippen LogP) is 5.36. The fourth-order valence-corrected chi connectivity index (χ4v) is 3.12. The SMILES string of the molecule is CC1=NN(c2c(F)c(F)c(F)c(F)c2F)C(=O)/C1=C/c1ccc(-c2cccc([N+](=O)[O-])c2)o1. The van der Waals surface area contributed by atoms with Crippen LogP contribution in [0.15, 0.2) is 51.5 Å². The molecule has 0 atom stereocenters. The van der Waals surface area contributed by atoms with Crippen LogP contribution in [0.1, 0.15) is 12.7 Å². The smallest absolute Gasteiger partial charge is 0.280 e. The number of nitrogens with zero attached hydrogens (tertiary/aromatic N) is 3. The van der Waals surface area contributed by atoms with Gasteiger partial charge in [-0.3, -0.25) is 14.9 Å². The minimum absolute atomic E-state index is 0.0720. The molecule has 0 spiro atoms. The summed E-state index contributed by atoms with van der Waals surface area (Å²) < 4.78 is 74.2. The first-order chi connectivity index (χ1) is 15.6. The average Bonchev–Trinajstić information content (AvgIpc) is 3.37. The number of amides is 1. The van der Waals surface area contributed by atoms with Gasteiger partial charge in [0.15, 0.2) is 23.3 Å². The van der Waals surface area contributed by atoms with Crippen molar-refractivity contribution in [2.75, 3.05) is 5.01 Å². The molecule has 33 heavy (non-hydrogen) atoms. The van der Waals surface area contributed by atoms with Crippen LogP contribution < -0.4 is 5.01 Å². The average molecular weight is 463 g/mol. The molecule has 1 aromatic heterocycles. The topological polar surface area (TPSA) is 89.0 Å². The number of benzene rings is 2. The van der Waals surface area contributed by atoms with Gasteiger partial charge in [-0.25, -0.2) is 22.0 Å². The first kappa shape index (κ1) is 21.9. The zero-order chi connectivity index (χ0) is 24.0. The van der Waals surface area contributed by atoms with Crippen LogP contribution in [0.3, 0.4) is 0 Å². The van der Waals surface area contributed by atoms with Crippen molar-refractivity contribution in [2.24, 2.45) is 5.10 Å². The molecule has 1 aliphatic heterocycles. The van der Waals surface area contributed by atoms with E-state index < -0.39 is 45.6 Å². The van der Waals surface area contributed by atoms with Gasteiger partial charge in [-0.15, -0.1) is 0 Å². The minimum atomic E-state index is -2.36. The van der Waals surface area contributed by atoms with Gasteiger partial charge < -0.3 is 4.42 Å². The monoisotopic (exact) mass is 463 g/mol. The maximum Gasteiger partial charge on any atom is 0.280 e. The largest absolute Gasteiger partial charge is 0.457 e. The summed E-state index contributed by atoms with van der Waals surface area (Å²) >= 11 is 0. The molecule has 1 aliphatic rings. The van der Waals surface area contributed by atoms with Crippen LogP contribution in [0.5, 0.6) is 0 Å². The van der Waals surface area contributed by atoms with E-state index in [1.165, 1.54) is 37.3 Å². The Labute approximate surface area is 181 Å². The Hall–Kier alpha value is -4.35. The highest BCUT2D eigenvalue weighted by atomic mass is 19.2. The zero-order valence-electron chi connectivity index (χ0n) is 16.4. The Bertz CT molecular complexity index is 1370. The number of rotatable bonds is 4. The molecule has 0 saturated heterocycles. The lowest BCUT2D eigenvalue weighted by molar-refractivity contribution is -0.384. The minimum Gasteiger partial charge on any atom is -0.457 e. The van der Waals surface area contributed by atoms with Crippen LogP contribution in [0.2, 0.25) is 0 Å². The number of anilines is 1. The quantitative estimate of drug-likeness (QED) is 0.130. The Morgan fingerprint density at radius 1 is 1.00 bits per heavy atom. The maximum absolute atomic E-state index is 14.1. The number of halogens is 5. The molecule has 3 aromatic rings. The van der Waals surface area contributed by atoms with Gasteiger partial charge in [0.25, 0.3) is 11.6 Å². The summed E-state index contributed by atoms with van der Waals surface area (Å²) in [5, 5.41) is 14.6. The number of furan rings is 1. The number of nitro groups is 1. The molecule has 7 nitrogen and oxygen atoms in total. The predicted molar refractivity (Wildman–Crippen MR) is 106 cm³/mol. The first-order valence-corrected chi connectivity index (χ1v) is 9.08. The molecule has 168 valence electrons. The Kier molecular flexibility index (Phi) is 5.28. The molecule has 2 aromatic carbocycles. The highest BCUT2D eigenvalue weighted by molar-refractivity contribution is 6.32. The molecular formula is C21H10F5N3O4. The van der Waals surface area contributed by atoms with E-state index in [1.807, 2.05) is 0 Å². The molecule has 2 heterocycles. The highest BCUT2D eigenvalue weighted by Crippen LogP contribution is 2.34. The van der Waals surface area contributed by atoms with Crippen molar-refractivity contribution in [3.8, 4) is 11.3 Å². The fourth-order valence-electron chi connectivity index (χ4n) is 3.12. The number of hydrazone groups is 1. The normalized spacial score (nSPS) is 14.8. The molecule has 0 N–H and O–H groups in total. The van der Waals surface area contributed by atoms with Gasteiger partial charge in [0.05, 0.1) is 16.2 Å². The van der Waals surface area contributed by atoms with E-state index in [0.29, 0.717) is 5.56 Å². The van der Waals surface area contributed by atoms with Gasteiger partial charge in [0.1, 0.15) is 17.2 Å². The third-order valence-corrected chi connectivity index (χ3v) is 4.72. The Balaban J connectivity index is 1.69. The van der Waals surface area contributed by atoms with E-state index in [4.69, 9.17) is 4.42 Å². The molecule has 0 bridgehead atoms. The van der Waals surface area contributed by atoms with Crippen molar-refractivity contribution in [1.82, 2.24) is 0 Å². The van der Waals surface area contributed by atoms with Gasteiger partial charge in [0, 0.05) is 17.7 Å². The fraction of sp³-hybridized carbons (Fsp3) is 0.0476. The summed E-state index contributed by atoms with van der Waals surface area (Å²) in [4.78, 5) is 23.0. The third-order valence-electron chi connectivity index (χ3n) is 4.72. The lowest BCUT2D eigenvalue weighted by Crippen LogP contribution is -2.25. The summed E-state index contributed by atoms with van der Waals surface area (Å²) in [6.07, 6.45) is 1.16. The van der Waals surface area contributed by atoms with E-state index in [0.717, 1.165) is 6.08 Å². The van der Waals surface area contributed by atoms with Crippen LogP contribution in [-0.4, -0.2) is 16.5 Å². The van der Waals surface area contributed by atoms with Gasteiger partial charge in [-0.05, 0) is 25.1 Å². The zero-order valence-corrected chi connectivity index (χ0v) is 16.4. The Morgan fingerprint density at radius 2 is 1.64 bits per heavy atom. The third kappa shape index (κ3) is 3.64. The number of non-ortho nitro benzene ring substituents is 1. The van der Waals surface area contributed by atoms with Crippen molar-refractivity contribution in [1.29, 1.82) is 0 Å². The van der Waals surface area contributed by atoms with E-state index >= 15 is 0 Å². The van der Waals surface area contributed by atoms with Gasteiger partial charge in [-0.1, -0.05) is 12.1 Å². The summed E-state index contributed by atoms with van der Waals surface area (Å²) in [7, 11) is 0. The van der Waals surface area contributed by atoms with Crippen molar-refractivity contribution >= 4 is 29.1 Å². The van der Waals surface area contributed by atoms with E-state index in [2.05, 4.69) is 5.10 Å². The molecule has 4 rings (SSSR count). The summed E-state index contributed by atoms with van der Waals surface area (Å²) in [5.41, 5.74) is -1.59. The summed E-state index contributed by atoms with van der Waals surface area (Å²) in [6.45, 7) is 1.29. The van der Waals surface area contributed by atoms with Crippen molar-refractivity contribution < 1.29 is 36.1 Å². The maximum atomic E-state index is 14.1. The number of hydrogen-bond donors (Lipinski definition) is 0. The molecule has 12 heteroatoms. The second kappa shape index (κ2) is 7.97. The molecule has 0 aliphatic carbocycles. The first-order valence-electron chi connectivity index (χ1n) is 9.08. The van der Waals surface area contributed by atoms with Crippen molar-refractivity contribution in [2.45, 2.75) is 6.92 Å². The van der Waals surface area contributed by atoms with E-state index in [-0.39, 0.29) is 33.5 Å². The second-order valence-electron chi connectivity index (χ2n) is 6.79. The molecule has 1 amide bonds. The number of nitro benzene ring substituents is 1. The van der Waals surface area contributed by atoms with Crippen LogP contribution in [0, 0.1) is 39.2 Å². The van der Waals surface area contributed by atoms with Crippen molar-refractivity contribution in [3.63, 3.8) is 0 Å². The summed E-state index contributed by atoms with van der Waals surface area (Å²) in [6, 6.07) is 8.46. The summed E-state index contributed by atoms with van der Waals surface area (Å²) in [5.74, 6) is -12.0.